The van der Waals surface area contributed by atoms with E-state index in [1.165, 1.54) is 6.07 Å². The number of fused-ring (bicyclic) bond motifs is 1. The molecule has 1 aromatic carbocycles. The zero-order valence-electron chi connectivity index (χ0n) is 13.2. The topological polar surface area (TPSA) is 77.3 Å². The summed E-state index contributed by atoms with van der Waals surface area (Å²) in [4.78, 5) is 8.87. The summed E-state index contributed by atoms with van der Waals surface area (Å²) >= 11 is 1.57. The Hall–Kier alpha value is -2.08. The lowest BCUT2D eigenvalue weighted by molar-refractivity contribution is 0.341. The molecule has 4 nitrogen and oxygen atoms in total. The molecule has 0 amide bonds. The molecule has 1 aliphatic carbocycles. The van der Waals surface area contributed by atoms with E-state index in [0.717, 1.165) is 36.1 Å². The molecule has 1 fully saturated rings. The van der Waals surface area contributed by atoms with Gasteiger partial charge in [0, 0.05) is 29.3 Å². The van der Waals surface area contributed by atoms with Crippen molar-refractivity contribution in [1.82, 2.24) is 4.98 Å². The summed E-state index contributed by atoms with van der Waals surface area (Å²) < 4.78 is 14.8. The molecule has 24 heavy (non-hydrogen) atoms. The second-order valence-electron chi connectivity index (χ2n) is 6.48. The fourth-order valence-electron chi connectivity index (χ4n) is 3.91. The maximum atomic E-state index is 14.8. The highest BCUT2D eigenvalue weighted by Crippen LogP contribution is 2.51. The zero-order valence-corrected chi connectivity index (χ0v) is 14.0. The molecule has 2 aromatic rings. The van der Waals surface area contributed by atoms with Crippen LogP contribution < -0.4 is 11.5 Å². The van der Waals surface area contributed by atoms with Gasteiger partial charge in [0.1, 0.15) is 5.82 Å². The van der Waals surface area contributed by atoms with Crippen LogP contribution in [0.2, 0.25) is 0 Å². The third-order valence-electron chi connectivity index (χ3n) is 5.05. The number of amidine groups is 1. The molecule has 0 spiro atoms. The SMILES string of the molecule is NC1=N[C@@]2(c3cc(-c4cncc(N)c4)ccc3F)CCC[C@H]2CS1. The number of nitrogen functional groups attached to an aromatic ring is 1. The Labute approximate surface area is 144 Å². The Morgan fingerprint density at radius 2 is 2.04 bits per heavy atom. The zero-order chi connectivity index (χ0) is 16.7. The van der Waals surface area contributed by atoms with Gasteiger partial charge >= 0.3 is 0 Å². The lowest BCUT2D eigenvalue weighted by Crippen LogP contribution is -2.37. The van der Waals surface area contributed by atoms with E-state index in [2.05, 4.69) is 4.98 Å². The number of aliphatic imine (C=N–C) groups is 1. The molecule has 2 atom stereocenters. The van der Waals surface area contributed by atoms with Crippen LogP contribution in [0.5, 0.6) is 0 Å². The molecular weight excluding hydrogens is 323 g/mol. The summed E-state index contributed by atoms with van der Waals surface area (Å²) in [6.07, 6.45) is 6.29. The maximum absolute atomic E-state index is 14.8. The number of aromatic nitrogens is 1. The molecule has 4 rings (SSSR count). The van der Waals surface area contributed by atoms with E-state index in [9.17, 15) is 4.39 Å². The van der Waals surface area contributed by atoms with Crippen molar-refractivity contribution in [3.05, 3.63) is 48.0 Å². The van der Waals surface area contributed by atoms with Crippen LogP contribution in [0.1, 0.15) is 24.8 Å². The third-order valence-corrected chi connectivity index (χ3v) is 6.01. The smallest absolute Gasteiger partial charge is 0.154 e. The lowest BCUT2D eigenvalue weighted by Gasteiger charge is -2.36. The molecule has 1 aromatic heterocycles. The number of hydrogen-bond donors (Lipinski definition) is 2. The summed E-state index contributed by atoms with van der Waals surface area (Å²) in [6, 6.07) is 7.03. The first-order chi connectivity index (χ1) is 11.6. The number of benzene rings is 1. The van der Waals surface area contributed by atoms with E-state index in [-0.39, 0.29) is 5.82 Å². The minimum atomic E-state index is -0.525. The second kappa shape index (κ2) is 5.77. The second-order valence-corrected chi connectivity index (χ2v) is 7.52. The fourth-order valence-corrected chi connectivity index (χ4v) is 4.95. The average Bonchev–Trinajstić information content (AvgIpc) is 2.99. The van der Waals surface area contributed by atoms with E-state index in [1.54, 1.807) is 30.2 Å². The minimum Gasteiger partial charge on any atom is -0.397 e. The Balaban J connectivity index is 1.86. The molecular formula is C18H19FN4S. The van der Waals surface area contributed by atoms with Gasteiger partial charge in [-0.2, -0.15) is 0 Å². The number of pyridine rings is 1. The van der Waals surface area contributed by atoms with E-state index in [4.69, 9.17) is 16.5 Å². The van der Waals surface area contributed by atoms with Crippen molar-refractivity contribution < 1.29 is 4.39 Å². The van der Waals surface area contributed by atoms with E-state index in [0.29, 0.717) is 22.3 Å². The third kappa shape index (κ3) is 2.45. The number of halogens is 1. The summed E-state index contributed by atoms with van der Waals surface area (Å²) in [5.74, 6) is 1.02. The Morgan fingerprint density at radius 3 is 2.88 bits per heavy atom. The van der Waals surface area contributed by atoms with Gasteiger partial charge in [0.2, 0.25) is 0 Å². The molecule has 2 heterocycles. The van der Waals surface area contributed by atoms with Crippen LogP contribution in [0, 0.1) is 11.7 Å². The van der Waals surface area contributed by atoms with Crippen LogP contribution in [0.15, 0.2) is 41.7 Å². The number of rotatable bonds is 2. The van der Waals surface area contributed by atoms with Gasteiger partial charge in [-0.3, -0.25) is 9.98 Å². The van der Waals surface area contributed by atoms with E-state index >= 15 is 0 Å². The monoisotopic (exact) mass is 342 g/mol. The van der Waals surface area contributed by atoms with Crippen LogP contribution in [-0.4, -0.2) is 15.9 Å². The van der Waals surface area contributed by atoms with Crippen molar-refractivity contribution in [3.63, 3.8) is 0 Å². The highest BCUT2D eigenvalue weighted by atomic mass is 32.2. The van der Waals surface area contributed by atoms with E-state index < -0.39 is 5.54 Å². The number of hydrogen-bond acceptors (Lipinski definition) is 5. The predicted octanol–water partition coefficient (Wildman–Crippen LogP) is 3.53. The van der Waals surface area contributed by atoms with Crippen LogP contribution >= 0.6 is 11.8 Å². The van der Waals surface area contributed by atoms with Gasteiger partial charge in [0.15, 0.2) is 5.17 Å². The largest absolute Gasteiger partial charge is 0.397 e. The molecule has 124 valence electrons. The van der Waals surface area contributed by atoms with Crippen molar-refractivity contribution in [2.24, 2.45) is 16.6 Å². The molecule has 1 saturated carbocycles. The Kier molecular flexibility index (Phi) is 3.72. The molecule has 0 unspecified atom stereocenters. The normalized spacial score (nSPS) is 26.0. The lowest BCUT2D eigenvalue weighted by atomic mass is 9.80. The van der Waals surface area contributed by atoms with Crippen molar-refractivity contribution in [2.45, 2.75) is 24.8 Å². The van der Waals surface area contributed by atoms with Crippen molar-refractivity contribution >= 4 is 22.6 Å². The number of anilines is 1. The molecule has 2 aliphatic rings. The molecule has 1 aliphatic heterocycles. The number of nitrogens with zero attached hydrogens (tertiary/aromatic N) is 2. The quantitative estimate of drug-likeness (QED) is 0.875. The Morgan fingerprint density at radius 1 is 1.17 bits per heavy atom. The highest BCUT2D eigenvalue weighted by Gasteiger charge is 2.48. The van der Waals surface area contributed by atoms with Gasteiger partial charge in [-0.25, -0.2) is 4.39 Å². The van der Waals surface area contributed by atoms with Gasteiger partial charge in [-0.15, -0.1) is 0 Å². The van der Waals surface area contributed by atoms with Gasteiger partial charge in [0.05, 0.1) is 11.2 Å². The molecule has 0 bridgehead atoms. The minimum absolute atomic E-state index is 0.217. The Bertz CT molecular complexity index is 822. The summed E-state index contributed by atoms with van der Waals surface area (Å²) in [5.41, 5.74) is 14.3. The summed E-state index contributed by atoms with van der Waals surface area (Å²) in [5, 5.41) is 0.559. The predicted molar refractivity (Wildman–Crippen MR) is 97.1 cm³/mol. The van der Waals surface area contributed by atoms with Gasteiger partial charge in [0.25, 0.3) is 0 Å². The molecule has 4 N–H and O–H groups in total. The number of nitrogens with two attached hydrogens (primary N) is 2. The van der Waals surface area contributed by atoms with Gasteiger partial charge < -0.3 is 11.5 Å². The van der Waals surface area contributed by atoms with Crippen molar-refractivity contribution in [2.75, 3.05) is 11.5 Å². The highest BCUT2D eigenvalue weighted by molar-refractivity contribution is 8.13. The molecule has 0 saturated heterocycles. The summed E-state index contributed by atoms with van der Waals surface area (Å²) in [6.45, 7) is 0. The van der Waals surface area contributed by atoms with Crippen molar-refractivity contribution in [3.8, 4) is 11.1 Å². The average molecular weight is 342 g/mol. The fraction of sp³-hybridized carbons (Fsp3) is 0.333. The standard InChI is InChI=1S/C18H19FN4S/c19-16-4-3-11(12-6-14(20)9-22-8-12)7-15(16)18-5-1-2-13(18)10-24-17(21)23-18/h3-4,6-9,13H,1-2,5,10,20H2,(H2,21,23)/t13-,18-/m0/s1. The van der Waals surface area contributed by atoms with Gasteiger partial charge in [-0.05, 0) is 42.5 Å². The first-order valence-corrected chi connectivity index (χ1v) is 9.06. The van der Waals surface area contributed by atoms with Crippen LogP contribution in [-0.2, 0) is 5.54 Å². The van der Waals surface area contributed by atoms with Crippen LogP contribution in [0.25, 0.3) is 11.1 Å². The van der Waals surface area contributed by atoms with Crippen LogP contribution in [0.3, 0.4) is 0 Å². The first kappa shape index (κ1) is 15.4. The van der Waals surface area contributed by atoms with E-state index in [1.807, 2.05) is 12.1 Å². The van der Waals surface area contributed by atoms with Crippen LogP contribution in [0.4, 0.5) is 10.1 Å². The first-order valence-electron chi connectivity index (χ1n) is 8.07. The summed E-state index contributed by atoms with van der Waals surface area (Å²) in [7, 11) is 0. The maximum Gasteiger partial charge on any atom is 0.154 e. The van der Waals surface area contributed by atoms with Gasteiger partial charge in [-0.1, -0.05) is 24.2 Å². The molecule has 6 heteroatoms. The number of thioether (sulfide) groups is 1. The van der Waals surface area contributed by atoms with Crippen molar-refractivity contribution in [1.29, 1.82) is 0 Å². The molecule has 0 radical (unpaired) electrons.